The summed E-state index contributed by atoms with van der Waals surface area (Å²) in [5, 5.41) is 12.0. The smallest absolute Gasteiger partial charge is 0.216 e. The van der Waals surface area contributed by atoms with Gasteiger partial charge in [0.05, 0.1) is 19.8 Å². The zero-order valence-electron chi connectivity index (χ0n) is 10.9. The number of ether oxygens (including phenoxy) is 2. The first-order valence-electron chi connectivity index (χ1n) is 5.83. The van der Waals surface area contributed by atoms with E-state index in [1.54, 1.807) is 44.6 Å². The molecule has 4 nitrogen and oxygen atoms in total. The zero-order chi connectivity index (χ0) is 13.7. The topological polar surface area (TPSA) is 44.5 Å². The number of benzene rings is 2. The van der Waals surface area contributed by atoms with Crippen molar-refractivity contribution in [1.29, 1.82) is 0 Å². The average molecular weight is 257 g/mol. The van der Waals surface area contributed by atoms with Crippen molar-refractivity contribution in [3.05, 3.63) is 59.3 Å². The molecule has 0 aliphatic carbocycles. The van der Waals surface area contributed by atoms with Crippen LogP contribution in [0.15, 0.2) is 48.5 Å². The van der Waals surface area contributed by atoms with Crippen molar-refractivity contribution < 1.29 is 14.2 Å². The average Bonchev–Trinajstić information content (AvgIpc) is 2.48. The molecule has 2 aromatic rings. The Morgan fingerprint density at radius 1 is 1.00 bits per heavy atom. The molecule has 0 aliphatic heterocycles. The van der Waals surface area contributed by atoms with Crippen LogP contribution in [0.4, 0.5) is 5.69 Å². The van der Waals surface area contributed by atoms with E-state index >= 15 is 0 Å². The number of hydrogen-bond acceptors (Lipinski definition) is 3. The van der Waals surface area contributed by atoms with Gasteiger partial charge in [0.2, 0.25) is 5.69 Å². The van der Waals surface area contributed by atoms with E-state index in [4.69, 9.17) is 9.47 Å². The Labute approximate surface area is 112 Å². The first kappa shape index (κ1) is 13.0. The zero-order valence-corrected chi connectivity index (χ0v) is 10.9. The molecule has 0 atom stereocenters. The lowest BCUT2D eigenvalue weighted by atomic mass is 10.2. The fraction of sp³-hybridized carbons (Fsp3) is 0.133. The van der Waals surface area contributed by atoms with Crippen molar-refractivity contribution >= 4 is 11.9 Å². The van der Waals surface area contributed by atoms with Crippen LogP contribution in [0.5, 0.6) is 11.5 Å². The highest BCUT2D eigenvalue weighted by Gasteiger charge is 2.07. The predicted octanol–water partition coefficient (Wildman–Crippen LogP) is 2.96. The summed E-state index contributed by atoms with van der Waals surface area (Å²) in [6, 6.07) is 14.3. The van der Waals surface area contributed by atoms with E-state index in [0.29, 0.717) is 22.7 Å². The van der Waals surface area contributed by atoms with Gasteiger partial charge in [-0.25, -0.2) is 0 Å². The van der Waals surface area contributed by atoms with Crippen LogP contribution in [0.1, 0.15) is 5.56 Å². The van der Waals surface area contributed by atoms with Gasteiger partial charge in [0.25, 0.3) is 0 Å². The van der Waals surface area contributed by atoms with Crippen LogP contribution < -0.4 is 9.47 Å². The molecule has 0 unspecified atom stereocenters. The Balaban J connectivity index is 2.37. The normalized spacial score (nSPS) is 11.2. The van der Waals surface area contributed by atoms with Crippen molar-refractivity contribution in [2.75, 3.05) is 14.2 Å². The second-order valence-electron chi connectivity index (χ2n) is 3.90. The highest BCUT2D eigenvalue weighted by Crippen LogP contribution is 2.23. The van der Waals surface area contributed by atoms with Crippen molar-refractivity contribution in [2.24, 2.45) is 0 Å². The molecule has 4 heteroatoms. The van der Waals surface area contributed by atoms with Gasteiger partial charge < -0.3 is 14.7 Å². The third kappa shape index (κ3) is 3.04. The van der Waals surface area contributed by atoms with Gasteiger partial charge in [-0.2, -0.15) is 4.74 Å². The second kappa shape index (κ2) is 5.91. The van der Waals surface area contributed by atoms with Crippen LogP contribution in [0.3, 0.4) is 0 Å². The van der Waals surface area contributed by atoms with Gasteiger partial charge in [0.15, 0.2) is 6.21 Å². The molecule has 0 fully saturated rings. The molecule has 2 rings (SSSR count). The van der Waals surface area contributed by atoms with E-state index in [-0.39, 0.29) is 0 Å². The molecule has 0 radical (unpaired) electrons. The Morgan fingerprint density at radius 2 is 1.74 bits per heavy atom. The maximum atomic E-state index is 12.0. The summed E-state index contributed by atoms with van der Waals surface area (Å²) in [5.74, 6) is 1.28. The maximum absolute atomic E-state index is 12.0. The van der Waals surface area contributed by atoms with Crippen LogP contribution in [0, 0.1) is 5.21 Å². The molecule has 0 spiro atoms. The third-order valence-electron chi connectivity index (χ3n) is 2.71. The lowest BCUT2D eigenvalue weighted by Gasteiger charge is -2.07. The van der Waals surface area contributed by atoms with E-state index in [1.165, 1.54) is 6.21 Å². The lowest BCUT2D eigenvalue weighted by Crippen LogP contribution is -2.01. The second-order valence-corrected chi connectivity index (χ2v) is 3.90. The summed E-state index contributed by atoms with van der Waals surface area (Å²) in [5.41, 5.74) is 1.27. The molecule has 0 bridgehead atoms. The van der Waals surface area contributed by atoms with E-state index in [9.17, 15) is 5.21 Å². The van der Waals surface area contributed by atoms with Gasteiger partial charge >= 0.3 is 0 Å². The van der Waals surface area contributed by atoms with Crippen LogP contribution in [-0.2, 0) is 0 Å². The fourth-order valence-electron chi connectivity index (χ4n) is 1.70. The molecule has 19 heavy (non-hydrogen) atoms. The van der Waals surface area contributed by atoms with Crippen molar-refractivity contribution in [2.45, 2.75) is 0 Å². The number of methoxy groups -OCH3 is 2. The van der Waals surface area contributed by atoms with Crippen molar-refractivity contribution in [1.82, 2.24) is 0 Å². The van der Waals surface area contributed by atoms with Gasteiger partial charge in [-0.15, -0.1) is 0 Å². The quantitative estimate of drug-likeness (QED) is 0.366. The van der Waals surface area contributed by atoms with Gasteiger partial charge in [0.1, 0.15) is 11.5 Å². The minimum Gasteiger partial charge on any atom is -0.618 e. The molecular weight excluding hydrogens is 242 g/mol. The largest absolute Gasteiger partial charge is 0.618 e. The molecular formula is C15H15NO3. The summed E-state index contributed by atoms with van der Waals surface area (Å²) in [4.78, 5) is 0. The minimum atomic E-state index is 0.570. The van der Waals surface area contributed by atoms with E-state index < -0.39 is 0 Å². The highest BCUT2D eigenvalue weighted by molar-refractivity contribution is 5.81. The Hall–Kier alpha value is -2.49. The molecule has 0 aliphatic rings. The molecule has 0 saturated carbocycles. The summed E-state index contributed by atoms with van der Waals surface area (Å²) >= 11 is 0. The van der Waals surface area contributed by atoms with E-state index in [1.807, 2.05) is 18.2 Å². The molecule has 0 saturated heterocycles. The standard InChI is InChI=1S/C15H15NO3/c1-18-14-9-8-12(15(10-14)19-2)11-16(17)13-6-4-3-5-7-13/h3-11H,1-2H3/b16-11-. The van der Waals surface area contributed by atoms with E-state index in [2.05, 4.69) is 0 Å². The molecule has 0 heterocycles. The Morgan fingerprint density at radius 3 is 2.37 bits per heavy atom. The Kier molecular flexibility index (Phi) is 4.03. The highest BCUT2D eigenvalue weighted by atomic mass is 16.5. The number of para-hydroxylation sites is 1. The number of rotatable bonds is 4. The van der Waals surface area contributed by atoms with Gasteiger partial charge in [-0.1, -0.05) is 18.2 Å². The van der Waals surface area contributed by atoms with E-state index in [0.717, 1.165) is 4.74 Å². The summed E-state index contributed by atoms with van der Waals surface area (Å²) < 4.78 is 11.2. The number of nitrogens with zero attached hydrogens (tertiary/aromatic N) is 1. The number of hydrogen-bond donors (Lipinski definition) is 0. The first-order valence-corrected chi connectivity index (χ1v) is 5.83. The summed E-state index contributed by atoms with van der Waals surface area (Å²) in [7, 11) is 3.14. The van der Waals surface area contributed by atoms with Crippen molar-refractivity contribution in [3.8, 4) is 11.5 Å². The molecule has 0 amide bonds. The van der Waals surface area contributed by atoms with Crippen LogP contribution in [0.2, 0.25) is 0 Å². The fourth-order valence-corrected chi connectivity index (χ4v) is 1.70. The minimum absolute atomic E-state index is 0.570. The molecule has 98 valence electrons. The monoisotopic (exact) mass is 257 g/mol. The van der Waals surface area contributed by atoms with Crippen molar-refractivity contribution in [3.63, 3.8) is 0 Å². The Bertz CT molecular complexity index is 579. The predicted molar refractivity (Wildman–Crippen MR) is 74.4 cm³/mol. The van der Waals surface area contributed by atoms with Gasteiger partial charge in [0, 0.05) is 18.2 Å². The first-order chi connectivity index (χ1) is 9.24. The summed E-state index contributed by atoms with van der Waals surface area (Å²) in [6.45, 7) is 0. The lowest BCUT2D eigenvalue weighted by molar-refractivity contribution is -0.354. The van der Waals surface area contributed by atoms with Gasteiger partial charge in [-0.3, -0.25) is 0 Å². The van der Waals surface area contributed by atoms with Crippen LogP contribution in [-0.4, -0.2) is 25.2 Å². The maximum Gasteiger partial charge on any atom is 0.216 e. The molecule has 2 aromatic carbocycles. The SMILES string of the molecule is COc1ccc(/C=[N+](\[O-])c2ccccc2)c(OC)c1. The summed E-state index contributed by atoms with van der Waals surface area (Å²) in [6.07, 6.45) is 1.48. The molecule has 0 N–H and O–H groups in total. The van der Waals surface area contributed by atoms with Crippen LogP contribution >= 0.6 is 0 Å². The van der Waals surface area contributed by atoms with Crippen LogP contribution in [0.25, 0.3) is 0 Å². The van der Waals surface area contributed by atoms with Gasteiger partial charge in [-0.05, 0) is 12.1 Å². The molecule has 0 aromatic heterocycles. The third-order valence-corrected chi connectivity index (χ3v) is 2.71.